The predicted octanol–water partition coefficient (Wildman–Crippen LogP) is 3.93. The van der Waals surface area contributed by atoms with E-state index in [1.807, 2.05) is 81.6 Å². The number of carbonyl (C=O) groups excluding carboxylic acids is 1. The van der Waals surface area contributed by atoms with Gasteiger partial charge in [0, 0.05) is 18.0 Å². The van der Waals surface area contributed by atoms with E-state index in [4.69, 9.17) is 0 Å². The Bertz CT molecular complexity index is 870. The Kier molecular flexibility index (Phi) is 4.84. The Morgan fingerprint density at radius 2 is 1.84 bits per heavy atom. The van der Waals surface area contributed by atoms with Gasteiger partial charge in [-0.2, -0.15) is 5.10 Å². The zero-order chi connectivity index (χ0) is 17.8. The molecule has 0 aliphatic rings. The van der Waals surface area contributed by atoms with E-state index < -0.39 is 6.04 Å². The number of hydrogen-bond acceptors (Lipinski definition) is 3. The molecule has 1 atom stereocenters. The molecule has 5 nitrogen and oxygen atoms in total. The summed E-state index contributed by atoms with van der Waals surface area (Å²) in [4.78, 5) is 12.4. The third-order valence-corrected chi connectivity index (χ3v) is 4.02. The van der Waals surface area contributed by atoms with Gasteiger partial charge in [-0.1, -0.05) is 30.3 Å². The molecule has 1 aromatic heterocycles. The molecule has 128 valence electrons. The SMILES string of the molecule is Cc1ccc(C)c(NC(=O)[C@@H](C)Nc2ccn(-c3ccccc3)n2)c1. The first-order chi connectivity index (χ1) is 12.0. The van der Waals surface area contributed by atoms with Crippen molar-refractivity contribution >= 4 is 17.4 Å². The van der Waals surface area contributed by atoms with Crippen LogP contribution in [0.1, 0.15) is 18.1 Å². The second-order valence-electron chi connectivity index (χ2n) is 6.15. The number of aryl methyl sites for hydroxylation is 2. The third-order valence-electron chi connectivity index (χ3n) is 4.02. The highest BCUT2D eigenvalue weighted by Gasteiger charge is 2.15. The van der Waals surface area contributed by atoms with Gasteiger partial charge >= 0.3 is 0 Å². The Morgan fingerprint density at radius 3 is 2.60 bits per heavy atom. The third kappa shape index (κ3) is 4.07. The summed E-state index contributed by atoms with van der Waals surface area (Å²) in [6.07, 6.45) is 1.87. The van der Waals surface area contributed by atoms with E-state index in [1.165, 1.54) is 0 Å². The van der Waals surface area contributed by atoms with E-state index in [2.05, 4.69) is 15.7 Å². The predicted molar refractivity (Wildman–Crippen MR) is 101 cm³/mol. The van der Waals surface area contributed by atoms with Gasteiger partial charge in [0.15, 0.2) is 0 Å². The lowest BCUT2D eigenvalue weighted by Gasteiger charge is -2.15. The molecule has 0 bridgehead atoms. The quantitative estimate of drug-likeness (QED) is 0.743. The van der Waals surface area contributed by atoms with Gasteiger partial charge in [0.05, 0.1) is 5.69 Å². The molecule has 3 aromatic rings. The van der Waals surface area contributed by atoms with Crippen LogP contribution >= 0.6 is 0 Å². The van der Waals surface area contributed by atoms with E-state index in [0.29, 0.717) is 5.82 Å². The summed E-state index contributed by atoms with van der Waals surface area (Å²) in [6, 6.07) is 17.3. The molecular weight excluding hydrogens is 312 g/mol. The van der Waals surface area contributed by atoms with Crippen molar-refractivity contribution in [1.82, 2.24) is 9.78 Å². The first-order valence-electron chi connectivity index (χ1n) is 8.28. The van der Waals surface area contributed by atoms with Crippen LogP contribution in [0.15, 0.2) is 60.8 Å². The maximum atomic E-state index is 12.4. The minimum absolute atomic E-state index is 0.0945. The normalized spacial score (nSPS) is 11.8. The molecule has 2 aromatic carbocycles. The number of hydrogen-bond donors (Lipinski definition) is 2. The number of rotatable bonds is 5. The molecule has 5 heteroatoms. The highest BCUT2D eigenvalue weighted by molar-refractivity contribution is 5.96. The lowest BCUT2D eigenvalue weighted by atomic mass is 10.1. The average molecular weight is 334 g/mol. The number of aromatic nitrogens is 2. The number of nitrogens with one attached hydrogen (secondary N) is 2. The molecular formula is C20H22N4O. The minimum atomic E-state index is -0.404. The van der Waals surface area contributed by atoms with Crippen LogP contribution in [-0.2, 0) is 4.79 Å². The number of para-hydroxylation sites is 1. The van der Waals surface area contributed by atoms with E-state index in [-0.39, 0.29) is 5.91 Å². The minimum Gasteiger partial charge on any atom is -0.357 e. The fraction of sp³-hybridized carbons (Fsp3) is 0.200. The van der Waals surface area contributed by atoms with Crippen LogP contribution in [0.5, 0.6) is 0 Å². The van der Waals surface area contributed by atoms with Gasteiger partial charge in [0.25, 0.3) is 0 Å². The summed E-state index contributed by atoms with van der Waals surface area (Å²) in [5, 5.41) is 10.6. The molecule has 1 heterocycles. The molecule has 0 aliphatic carbocycles. The second-order valence-corrected chi connectivity index (χ2v) is 6.15. The van der Waals surface area contributed by atoms with Crippen LogP contribution in [0.4, 0.5) is 11.5 Å². The molecule has 0 spiro atoms. The number of benzene rings is 2. The largest absolute Gasteiger partial charge is 0.357 e. The summed E-state index contributed by atoms with van der Waals surface area (Å²) < 4.78 is 1.78. The second kappa shape index (κ2) is 7.21. The lowest BCUT2D eigenvalue weighted by molar-refractivity contribution is -0.116. The van der Waals surface area contributed by atoms with Crippen molar-refractivity contribution in [1.29, 1.82) is 0 Å². The van der Waals surface area contributed by atoms with Gasteiger partial charge in [-0.3, -0.25) is 4.79 Å². The molecule has 3 rings (SSSR count). The Morgan fingerprint density at radius 1 is 1.08 bits per heavy atom. The van der Waals surface area contributed by atoms with Crippen LogP contribution in [0.3, 0.4) is 0 Å². The van der Waals surface area contributed by atoms with Gasteiger partial charge in [0.2, 0.25) is 5.91 Å². The summed E-state index contributed by atoms with van der Waals surface area (Å²) in [5.74, 6) is 0.565. The van der Waals surface area contributed by atoms with Crippen molar-refractivity contribution in [3.63, 3.8) is 0 Å². The van der Waals surface area contributed by atoms with Gasteiger partial charge < -0.3 is 10.6 Å². The first kappa shape index (κ1) is 16.8. The molecule has 0 saturated carbocycles. The molecule has 0 saturated heterocycles. The Balaban J connectivity index is 1.66. The van der Waals surface area contributed by atoms with E-state index >= 15 is 0 Å². The standard InChI is InChI=1S/C20H22N4O/c1-14-9-10-15(2)18(13-14)22-20(25)16(3)21-19-11-12-24(23-19)17-7-5-4-6-8-17/h4-13,16H,1-3H3,(H,21,23)(H,22,25)/t16-/m1/s1. The molecule has 1 amide bonds. The molecule has 0 unspecified atom stereocenters. The first-order valence-corrected chi connectivity index (χ1v) is 8.28. The maximum absolute atomic E-state index is 12.4. The highest BCUT2D eigenvalue weighted by atomic mass is 16.2. The Labute approximate surface area is 147 Å². The number of carbonyl (C=O) groups is 1. The fourth-order valence-electron chi connectivity index (χ4n) is 2.52. The zero-order valence-electron chi connectivity index (χ0n) is 14.7. The van der Waals surface area contributed by atoms with E-state index in [0.717, 1.165) is 22.5 Å². The fourth-order valence-corrected chi connectivity index (χ4v) is 2.52. The van der Waals surface area contributed by atoms with Crippen LogP contribution in [-0.4, -0.2) is 21.7 Å². The molecule has 0 aliphatic heterocycles. The van der Waals surface area contributed by atoms with E-state index in [9.17, 15) is 4.79 Å². The topological polar surface area (TPSA) is 59.0 Å². The van der Waals surface area contributed by atoms with Crippen LogP contribution in [0, 0.1) is 13.8 Å². The highest BCUT2D eigenvalue weighted by Crippen LogP contribution is 2.17. The van der Waals surface area contributed by atoms with Crippen LogP contribution in [0.2, 0.25) is 0 Å². The van der Waals surface area contributed by atoms with E-state index in [1.54, 1.807) is 4.68 Å². The summed E-state index contributed by atoms with van der Waals surface area (Å²) >= 11 is 0. The molecule has 0 fully saturated rings. The van der Waals surface area contributed by atoms with Crippen molar-refractivity contribution in [3.8, 4) is 5.69 Å². The maximum Gasteiger partial charge on any atom is 0.246 e. The van der Waals surface area contributed by atoms with Crippen molar-refractivity contribution in [2.45, 2.75) is 26.8 Å². The van der Waals surface area contributed by atoms with Crippen LogP contribution in [0.25, 0.3) is 5.69 Å². The van der Waals surface area contributed by atoms with Crippen molar-refractivity contribution in [2.75, 3.05) is 10.6 Å². The molecule has 25 heavy (non-hydrogen) atoms. The number of nitrogens with zero attached hydrogens (tertiary/aromatic N) is 2. The summed E-state index contributed by atoms with van der Waals surface area (Å²) in [7, 11) is 0. The number of anilines is 2. The monoisotopic (exact) mass is 334 g/mol. The summed E-state index contributed by atoms with van der Waals surface area (Å²) in [6.45, 7) is 5.81. The summed E-state index contributed by atoms with van der Waals surface area (Å²) in [5.41, 5.74) is 3.97. The Hall–Kier alpha value is -3.08. The average Bonchev–Trinajstić information content (AvgIpc) is 3.07. The zero-order valence-corrected chi connectivity index (χ0v) is 14.7. The molecule has 0 radical (unpaired) electrons. The van der Waals surface area contributed by atoms with Gasteiger partial charge in [-0.15, -0.1) is 0 Å². The lowest BCUT2D eigenvalue weighted by Crippen LogP contribution is -2.32. The molecule has 2 N–H and O–H groups in total. The smallest absolute Gasteiger partial charge is 0.246 e. The van der Waals surface area contributed by atoms with Crippen molar-refractivity contribution < 1.29 is 4.79 Å². The van der Waals surface area contributed by atoms with Crippen LogP contribution < -0.4 is 10.6 Å². The number of amides is 1. The van der Waals surface area contributed by atoms with Crippen molar-refractivity contribution in [2.24, 2.45) is 0 Å². The van der Waals surface area contributed by atoms with Gasteiger partial charge in [-0.05, 0) is 50.1 Å². The van der Waals surface area contributed by atoms with Gasteiger partial charge in [-0.25, -0.2) is 4.68 Å². The van der Waals surface area contributed by atoms with Gasteiger partial charge in [0.1, 0.15) is 11.9 Å². The van der Waals surface area contributed by atoms with Crippen molar-refractivity contribution in [3.05, 3.63) is 71.9 Å².